The normalized spacial score (nSPS) is 19.0. The van der Waals surface area contributed by atoms with Crippen LogP contribution in [0.25, 0.3) is 10.6 Å². The number of likely N-dealkylation sites (tertiary alicyclic amines) is 1. The van der Waals surface area contributed by atoms with Crippen molar-refractivity contribution in [3.63, 3.8) is 0 Å². The Morgan fingerprint density at radius 2 is 2.19 bits per heavy atom. The molecule has 1 aromatic carbocycles. The Kier molecular flexibility index (Phi) is 4.24. The first-order chi connectivity index (χ1) is 10.1. The number of aromatic nitrogens is 1. The van der Waals surface area contributed by atoms with Gasteiger partial charge >= 0.3 is 5.97 Å². The van der Waals surface area contributed by atoms with Gasteiger partial charge < -0.3 is 5.11 Å². The summed E-state index contributed by atoms with van der Waals surface area (Å²) in [5, 5.41) is 12.8. The minimum Gasteiger partial charge on any atom is -0.480 e. The topological polar surface area (TPSA) is 53.4 Å². The van der Waals surface area contributed by atoms with E-state index in [9.17, 15) is 9.90 Å². The number of thiazole rings is 1. The van der Waals surface area contributed by atoms with Gasteiger partial charge in [-0.3, -0.25) is 9.69 Å². The highest BCUT2D eigenvalue weighted by Gasteiger charge is 2.30. The molecule has 1 N–H and O–H groups in total. The van der Waals surface area contributed by atoms with Crippen LogP contribution in [0, 0.1) is 0 Å². The van der Waals surface area contributed by atoms with E-state index in [2.05, 4.69) is 4.98 Å². The molecule has 1 aromatic heterocycles. The molecule has 2 heterocycles. The highest BCUT2D eigenvalue weighted by Crippen LogP contribution is 2.27. The summed E-state index contributed by atoms with van der Waals surface area (Å²) in [5.41, 5.74) is 1.96. The first-order valence-corrected chi connectivity index (χ1v) is 8.06. The third kappa shape index (κ3) is 3.26. The van der Waals surface area contributed by atoms with Gasteiger partial charge in [-0.15, -0.1) is 11.3 Å². The van der Waals surface area contributed by atoms with Crippen molar-refractivity contribution in [1.82, 2.24) is 9.88 Å². The number of hydrogen-bond acceptors (Lipinski definition) is 4. The maximum Gasteiger partial charge on any atom is 0.320 e. The number of hydrogen-bond donors (Lipinski definition) is 1. The molecule has 0 aliphatic carbocycles. The summed E-state index contributed by atoms with van der Waals surface area (Å²) in [6, 6.07) is 7.21. The molecule has 0 unspecified atom stereocenters. The van der Waals surface area contributed by atoms with E-state index in [-0.39, 0.29) is 6.04 Å². The van der Waals surface area contributed by atoms with E-state index in [0.29, 0.717) is 11.6 Å². The van der Waals surface area contributed by atoms with Crippen LogP contribution >= 0.6 is 22.9 Å². The maximum atomic E-state index is 11.2. The summed E-state index contributed by atoms with van der Waals surface area (Å²) in [5.74, 6) is -0.736. The zero-order valence-electron chi connectivity index (χ0n) is 11.3. The number of nitrogens with zero attached hydrogens (tertiary/aromatic N) is 2. The predicted molar refractivity (Wildman–Crippen MR) is 83.6 cm³/mol. The number of benzene rings is 1. The molecule has 0 spiro atoms. The summed E-state index contributed by atoms with van der Waals surface area (Å²) in [6.45, 7) is 1.42. The number of carbonyl (C=O) groups is 1. The highest BCUT2D eigenvalue weighted by molar-refractivity contribution is 7.13. The van der Waals surface area contributed by atoms with Gasteiger partial charge in [0.2, 0.25) is 0 Å². The smallest absolute Gasteiger partial charge is 0.320 e. The minimum atomic E-state index is -0.736. The van der Waals surface area contributed by atoms with E-state index in [0.717, 1.165) is 35.7 Å². The quantitative estimate of drug-likeness (QED) is 0.936. The van der Waals surface area contributed by atoms with Gasteiger partial charge in [0, 0.05) is 22.5 Å². The average molecular weight is 323 g/mol. The fraction of sp³-hybridized carbons (Fsp3) is 0.333. The lowest BCUT2D eigenvalue weighted by Gasteiger charge is -2.19. The Balaban J connectivity index is 1.73. The van der Waals surface area contributed by atoms with E-state index < -0.39 is 5.97 Å². The zero-order chi connectivity index (χ0) is 14.8. The van der Waals surface area contributed by atoms with Gasteiger partial charge in [0.15, 0.2) is 0 Å². The molecule has 6 heteroatoms. The molecule has 1 atom stereocenters. The average Bonchev–Trinajstić information content (AvgIpc) is 3.09. The van der Waals surface area contributed by atoms with Crippen molar-refractivity contribution < 1.29 is 9.90 Å². The molecule has 0 radical (unpaired) electrons. The van der Waals surface area contributed by atoms with Crippen LogP contribution in [0.3, 0.4) is 0 Å². The van der Waals surface area contributed by atoms with Crippen molar-refractivity contribution in [2.75, 3.05) is 6.54 Å². The lowest BCUT2D eigenvalue weighted by Crippen LogP contribution is -2.35. The second-order valence-electron chi connectivity index (χ2n) is 5.12. The van der Waals surface area contributed by atoms with E-state index >= 15 is 0 Å². The van der Waals surface area contributed by atoms with Crippen LogP contribution in [-0.2, 0) is 11.3 Å². The molecule has 110 valence electrons. The Bertz CT molecular complexity index is 641. The van der Waals surface area contributed by atoms with E-state index in [1.54, 1.807) is 11.3 Å². The summed E-state index contributed by atoms with van der Waals surface area (Å²) in [6.07, 6.45) is 1.66. The maximum absolute atomic E-state index is 11.2. The van der Waals surface area contributed by atoms with Gasteiger partial charge in [0.05, 0.1) is 5.69 Å². The van der Waals surface area contributed by atoms with Crippen LogP contribution < -0.4 is 0 Å². The largest absolute Gasteiger partial charge is 0.480 e. The molecular formula is C15H15ClN2O2S. The van der Waals surface area contributed by atoms with Gasteiger partial charge in [-0.1, -0.05) is 23.7 Å². The van der Waals surface area contributed by atoms with Crippen LogP contribution in [0.2, 0.25) is 5.02 Å². The fourth-order valence-electron chi connectivity index (χ4n) is 2.61. The summed E-state index contributed by atoms with van der Waals surface area (Å²) < 4.78 is 0. The van der Waals surface area contributed by atoms with Crippen LogP contribution in [0.4, 0.5) is 0 Å². The van der Waals surface area contributed by atoms with E-state index in [4.69, 9.17) is 11.6 Å². The Hall–Kier alpha value is -1.43. The Morgan fingerprint density at radius 3 is 2.90 bits per heavy atom. The van der Waals surface area contributed by atoms with Crippen molar-refractivity contribution in [3.8, 4) is 10.6 Å². The van der Waals surface area contributed by atoms with Crippen molar-refractivity contribution in [1.29, 1.82) is 0 Å². The van der Waals surface area contributed by atoms with E-state index in [1.165, 1.54) is 0 Å². The van der Waals surface area contributed by atoms with Gasteiger partial charge in [0.25, 0.3) is 0 Å². The van der Waals surface area contributed by atoms with Crippen molar-refractivity contribution in [2.45, 2.75) is 25.4 Å². The standard InChI is InChI=1S/C15H15ClN2O2S/c16-11-5-3-10(4-6-11)14-17-12(9-21-14)8-18-7-1-2-13(18)15(19)20/h3-6,9,13H,1-2,7-8H2,(H,19,20)/t13-/m0/s1. The molecule has 3 rings (SSSR count). The molecular weight excluding hydrogens is 308 g/mol. The van der Waals surface area contributed by atoms with Crippen LogP contribution in [0.5, 0.6) is 0 Å². The molecule has 0 amide bonds. The third-order valence-corrected chi connectivity index (χ3v) is 4.85. The number of carboxylic acids is 1. The van der Waals surface area contributed by atoms with Crippen molar-refractivity contribution in [2.24, 2.45) is 0 Å². The number of halogens is 1. The number of aliphatic carboxylic acids is 1. The zero-order valence-corrected chi connectivity index (χ0v) is 12.9. The molecule has 2 aromatic rings. The summed E-state index contributed by atoms with van der Waals surface area (Å²) >= 11 is 7.46. The molecule has 1 aliphatic heterocycles. The van der Waals surface area contributed by atoms with Crippen LogP contribution in [-0.4, -0.2) is 33.5 Å². The monoisotopic (exact) mass is 322 g/mol. The predicted octanol–water partition coefficient (Wildman–Crippen LogP) is 3.51. The molecule has 4 nitrogen and oxygen atoms in total. The molecule has 1 fully saturated rings. The van der Waals surface area contributed by atoms with Crippen LogP contribution in [0.15, 0.2) is 29.6 Å². The molecule has 0 bridgehead atoms. The second-order valence-corrected chi connectivity index (χ2v) is 6.41. The molecule has 1 aliphatic rings. The third-order valence-electron chi connectivity index (χ3n) is 3.66. The van der Waals surface area contributed by atoms with Crippen molar-refractivity contribution in [3.05, 3.63) is 40.4 Å². The number of carboxylic acid groups (broad SMARTS) is 1. The van der Waals surface area contributed by atoms with Gasteiger partial charge in [-0.25, -0.2) is 4.98 Å². The lowest BCUT2D eigenvalue weighted by atomic mass is 10.2. The first kappa shape index (κ1) is 14.5. The van der Waals surface area contributed by atoms with E-state index in [1.807, 2.05) is 34.5 Å². The number of rotatable bonds is 4. The molecule has 21 heavy (non-hydrogen) atoms. The van der Waals surface area contributed by atoms with Gasteiger partial charge in [0.1, 0.15) is 11.0 Å². The van der Waals surface area contributed by atoms with Crippen LogP contribution in [0.1, 0.15) is 18.5 Å². The minimum absolute atomic E-state index is 0.370. The lowest BCUT2D eigenvalue weighted by molar-refractivity contribution is -0.142. The highest BCUT2D eigenvalue weighted by atomic mass is 35.5. The molecule has 0 saturated carbocycles. The first-order valence-electron chi connectivity index (χ1n) is 6.80. The van der Waals surface area contributed by atoms with Gasteiger partial charge in [-0.05, 0) is 31.5 Å². The summed E-state index contributed by atoms with van der Waals surface area (Å²) in [7, 11) is 0. The Morgan fingerprint density at radius 1 is 1.43 bits per heavy atom. The SMILES string of the molecule is O=C(O)[C@@H]1CCCN1Cc1csc(-c2ccc(Cl)cc2)n1. The fourth-order valence-corrected chi connectivity index (χ4v) is 3.55. The van der Waals surface area contributed by atoms with Gasteiger partial charge in [-0.2, -0.15) is 0 Å². The second kappa shape index (κ2) is 6.13. The molecule has 1 saturated heterocycles. The van der Waals surface area contributed by atoms with Crippen molar-refractivity contribution >= 4 is 28.9 Å². The summed E-state index contributed by atoms with van der Waals surface area (Å²) in [4.78, 5) is 17.8. The Labute approximate surface area is 132 Å².